The maximum absolute atomic E-state index is 13.8. The van der Waals surface area contributed by atoms with E-state index in [-0.39, 0.29) is 17.9 Å². The Balaban J connectivity index is 1.64. The molecule has 2 saturated heterocycles. The number of likely N-dealkylation sites (tertiary alicyclic amines) is 1. The van der Waals surface area contributed by atoms with E-state index in [0.29, 0.717) is 24.1 Å². The third kappa shape index (κ3) is 2.96. The van der Waals surface area contributed by atoms with Crippen molar-refractivity contribution < 1.29 is 14.6 Å². The zero-order chi connectivity index (χ0) is 18.2. The summed E-state index contributed by atoms with van der Waals surface area (Å²) >= 11 is 6.09. The Morgan fingerprint density at radius 3 is 2.62 bits per heavy atom. The lowest BCUT2D eigenvalue weighted by atomic mass is 9.68. The van der Waals surface area contributed by atoms with E-state index < -0.39 is 5.41 Å². The number of ether oxygens (including phenoxy) is 1. The lowest BCUT2D eigenvalue weighted by Gasteiger charge is -2.40. The molecule has 3 fully saturated rings. The molecule has 1 N–H and O–H groups in total. The van der Waals surface area contributed by atoms with Gasteiger partial charge in [0.15, 0.2) is 0 Å². The van der Waals surface area contributed by atoms with E-state index in [2.05, 4.69) is 0 Å². The number of nitrogens with zero attached hydrogens (tertiary/aromatic N) is 1. The Morgan fingerprint density at radius 1 is 1.23 bits per heavy atom. The summed E-state index contributed by atoms with van der Waals surface area (Å²) in [5.41, 5.74) is 0.383. The normalized spacial score (nSPS) is 30.8. The number of hydrogen-bond donors (Lipinski definition) is 1. The van der Waals surface area contributed by atoms with Crippen LogP contribution in [0.3, 0.4) is 0 Å². The van der Waals surface area contributed by atoms with Crippen LogP contribution in [0.15, 0.2) is 24.3 Å². The minimum Gasteiger partial charge on any atom is -0.396 e. The van der Waals surface area contributed by atoms with Crippen molar-refractivity contribution in [3.05, 3.63) is 34.9 Å². The summed E-state index contributed by atoms with van der Waals surface area (Å²) in [4.78, 5) is 15.8. The number of carbonyl (C=O) groups excluding carboxylic acids is 1. The number of fused-ring (bicyclic) bond motifs is 1. The molecule has 0 unspecified atom stereocenters. The van der Waals surface area contributed by atoms with Crippen molar-refractivity contribution >= 4 is 17.5 Å². The largest absolute Gasteiger partial charge is 0.396 e. The van der Waals surface area contributed by atoms with E-state index in [1.165, 1.54) is 6.42 Å². The number of halogens is 1. The van der Waals surface area contributed by atoms with E-state index >= 15 is 0 Å². The van der Waals surface area contributed by atoms with Gasteiger partial charge < -0.3 is 14.7 Å². The van der Waals surface area contributed by atoms with Gasteiger partial charge in [-0.15, -0.1) is 0 Å². The van der Waals surface area contributed by atoms with Crippen molar-refractivity contribution in [2.45, 2.75) is 43.9 Å². The number of amides is 1. The molecule has 0 bridgehead atoms. The molecule has 0 aromatic heterocycles. The molecule has 1 amide bonds. The Hall–Kier alpha value is -1.10. The van der Waals surface area contributed by atoms with Crippen LogP contribution in [0.5, 0.6) is 0 Å². The summed E-state index contributed by atoms with van der Waals surface area (Å²) < 4.78 is 5.66. The molecule has 26 heavy (non-hydrogen) atoms. The fourth-order valence-corrected chi connectivity index (χ4v) is 5.45. The van der Waals surface area contributed by atoms with Gasteiger partial charge in [-0.3, -0.25) is 4.79 Å². The van der Waals surface area contributed by atoms with Gasteiger partial charge in [0.25, 0.3) is 0 Å². The first-order valence-electron chi connectivity index (χ1n) is 9.84. The highest BCUT2D eigenvalue weighted by Gasteiger charge is 2.53. The zero-order valence-electron chi connectivity index (χ0n) is 15.3. The Labute approximate surface area is 160 Å². The van der Waals surface area contributed by atoms with Gasteiger partial charge in [0.1, 0.15) is 0 Å². The fourth-order valence-electron chi connectivity index (χ4n) is 5.33. The van der Waals surface area contributed by atoms with Gasteiger partial charge in [-0.2, -0.15) is 0 Å². The van der Waals surface area contributed by atoms with Crippen LogP contribution in [-0.2, 0) is 14.9 Å². The van der Waals surface area contributed by atoms with Crippen LogP contribution in [0.25, 0.3) is 0 Å². The molecule has 1 aliphatic carbocycles. The molecule has 1 aromatic carbocycles. The number of aliphatic hydroxyl groups is 1. The fraction of sp³-hybridized carbons (Fsp3) is 0.667. The first kappa shape index (κ1) is 18.3. The highest BCUT2D eigenvalue weighted by atomic mass is 35.5. The summed E-state index contributed by atoms with van der Waals surface area (Å²) in [6.07, 6.45) is 6.09. The second-order valence-corrected chi connectivity index (χ2v) is 8.83. The van der Waals surface area contributed by atoms with Crippen molar-refractivity contribution in [2.24, 2.45) is 11.3 Å². The van der Waals surface area contributed by atoms with Crippen molar-refractivity contribution in [3.63, 3.8) is 0 Å². The summed E-state index contributed by atoms with van der Waals surface area (Å²) in [6.45, 7) is 2.75. The van der Waals surface area contributed by atoms with E-state index in [9.17, 15) is 9.90 Å². The predicted octanol–water partition coefficient (Wildman–Crippen LogP) is 3.40. The van der Waals surface area contributed by atoms with Crippen molar-refractivity contribution in [2.75, 3.05) is 32.9 Å². The molecule has 3 aliphatic rings. The van der Waals surface area contributed by atoms with E-state index in [4.69, 9.17) is 16.3 Å². The van der Waals surface area contributed by atoms with Crippen molar-refractivity contribution in [1.29, 1.82) is 0 Å². The molecule has 142 valence electrons. The van der Waals surface area contributed by atoms with Gasteiger partial charge in [0.05, 0.1) is 18.6 Å². The topological polar surface area (TPSA) is 49.8 Å². The molecule has 4 nitrogen and oxygen atoms in total. The van der Waals surface area contributed by atoms with Gasteiger partial charge >= 0.3 is 0 Å². The van der Waals surface area contributed by atoms with Gasteiger partial charge in [0.2, 0.25) is 5.91 Å². The molecular formula is C21H28ClNO3. The SMILES string of the molecule is O=C(N1C[C@@H]2CCOC[C@]2(CO)C1)C1(c2ccc(Cl)cc2)CCCCC1. The molecule has 2 heterocycles. The molecule has 4 rings (SSSR count). The molecule has 0 radical (unpaired) electrons. The third-order valence-electron chi connectivity index (χ3n) is 6.93. The van der Waals surface area contributed by atoms with Gasteiger partial charge in [-0.25, -0.2) is 0 Å². The average molecular weight is 378 g/mol. The standard InChI is InChI=1S/C21H28ClNO3/c22-18-6-4-16(5-7-18)21(9-2-1-3-10-21)19(25)23-12-17-8-11-26-15-20(17,13-23)14-24/h4-7,17,24H,1-3,8-15H2/t17-,20+/m0/s1. The highest BCUT2D eigenvalue weighted by Crippen LogP contribution is 2.46. The van der Waals surface area contributed by atoms with Gasteiger partial charge in [-0.1, -0.05) is 43.0 Å². The number of carbonyl (C=O) groups is 1. The zero-order valence-corrected chi connectivity index (χ0v) is 16.0. The summed E-state index contributed by atoms with van der Waals surface area (Å²) in [5.74, 6) is 0.581. The minimum atomic E-state index is -0.437. The smallest absolute Gasteiger partial charge is 0.233 e. The monoisotopic (exact) mass is 377 g/mol. The first-order chi connectivity index (χ1) is 12.6. The van der Waals surface area contributed by atoms with Crippen LogP contribution in [0.4, 0.5) is 0 Å². The molecule has 1 saturated carbocycles. The average Bonchev–Trinajstić information content (AvgIpc) is 3.08. The van der Waals surface area contributed by atoms with E-state index in [1.54, 1.807) is 0 Å². The minimum absolute atomic E-state index is 0.0927. The molecule has 0 spiro atoms. The maximum atomic E-state index is 13.8. The lowest BCUT2D eigenvalue weighted by Crippen LogP contribution is -2.48. The highest BCUT2D eigenvalue weighted by molar-refractivity contribution is 6.30. The second kappa shape index (κ2) is 7.14. The number of aliphatic hydroxyl groups excluding tert-OH is 1. The molecular weight excluding hydrogens is 350 g/mol. The maximum Gasteiger partial charge on any atom is 0.233 e. The summed E-state index contributed by atoms with van der Waals surface area (Å²) in [7, 11) is 0. The van der Waals surface area contributed by atoms with Crippen molar-refractivity contribution in [1.82, 2.24) is 4.90 Å². The second-order valence-electron chi connectivity index (χ2n) is 8.39. The van der Waals surface area contributed by atoms with Gasteiger partial charge in [0, 0.05) is 30.1 Å². The molecule has 1 aromatic rings. The van der Waals surface area contributed by atoms with Crippen LogP contribution in [-0.4, -0.2) is 48.8 Å². The summed E-state index contributed by atoms with van der Waals surface area (Å²) in [5, 5.41) is 10.7. The molecule has 2 atom stereocenters. The van der Waals surface area contributed by atoms with Crippen molar-refractivity contribution in [3.8, 4) is 0 Å². The van der Waals surface area contributed by atoms with Crippen LogP contribution >= 0.6 is 11.6 Å². The lowest BCUT2D eigenvalue weighted by molar-refractivity contribution is -0.138. The van der Waals surface area contributed by atoms with E-state index in [0.717, 1.165) is 50.8 Å². The molecule has 2 aliphatic heterocycles. The summed E-state index contributed by atoms with van der Waals surface area (Å²) in [6, 6.07) is 7.85. The Morgan fingerprint density at radius 2 is 1.96 bits per heavy atom. The third-order valence-corrected chi connectivity index (χ3v) is 7.18. The quantitative estimate of drug-likeness (QED) is 0.878. The Bertz CT molecular complexity index is 656. The van der Waals surface area contributed by atoms with Crippen LogP contribution in [0.1, 0.15) is 44.1 Å². The van der Waals surface area contributed by atoms with Crippen LogP contribution in [0, 0.1) is 11.3 Å². The van der Waals surface area contributed by atoms with E-state index in [1.807, 2.05) is 29.2 Å². The number of rotatable bonds is 3. The van der Waals surface area contributed by atoms with Gasteiger partial charge in [-0.05, 0) is 42.9 Å². The van der Waals surface area contributed by atoms with Crippen LogP contribution < -0.4 is 0 Å². The first-order valence-corrected chi connectivity index (χ1v) is 10.2. The predicted molar refractivity (Wildman–Crippen MR) is 101 cm³/mol. The van der Waals surface area contributed by atoms with Crippen LogP contribution in [0.2, 0.25) is 5.02 Å². The Kier molecular flexibility index (Phi) is 5.02. The number of hydrogen-bond acceptors (Lipinski definition) is 3. The molecule has 5 heteroatoms. The number of benzene rings is 1.